The van der Waals surface area contributed by atoms with Gasteiger partial charge in [-0.15, -0.1) is 0 Å². The molecule has 1 N–H and O–H groups in total. The maximum absolute atomic E-state index is 12.0. The van der Waals surface area contributed by atoms with Gasteiger partial charge in [0.25, 0.3) is 0 Å². The van der Waals surface area contributed by atoms with Crippen LogP contribution in [0.5, 0.6) is 0 Å². The predicted octanol–water partition coefficient (Wildman–Crippen LogP) is 0.674. The third-order valence-corrected chi connectivity index (χ3v) is 4.32. The minimum Gasteiger partial charge on any atom is -0.480 e. The lowest BCUT2D eigenvalue weighted by Crippen LogP contribution is -2.33. The maximum atomic E-state index is 12.0. The average molecular weight is 284 g/mol. The van der Waals surface area contributed by atoms with Crippen LogP contribution < -0.4 is 0 Å². The van der Waals surface area contributed by atoms with Crippen molar-refractivity contribution in [1.29, 1.82) is 0 Å². The molecule has 1 heterocycles. The molecule has 7 nitrogen and oxygen atoms in total. The number of hydrogen-bond donors (Lipinski definition) is 1. The van der Waals surface area contributed by atoms with E-state index in [1.165, 1.54) is 7.05 Å². The molecule has 19 heavy (non-hydrogen) atoms. The van der Waals surface area contributed by atoms with Gasteiger partial charge in [0.2, 0.25) is 10.0 Å². The molecule has 2 aromatic rings. The van der Waals surface area contributed by atoms with Crippen LogP contribution in [0.4, 0.5) is 0 Å². The molecule has 2 rings (SSSR count). The summed E-state index contributed by atoms with van der Waals surface area (Å²) in [6.45, 7) is -0.585. The molecule has 0 unspecified atom stereocenters. The number of aliphatic carboxylic acids is 1. The number of aromatic nitrogens is 1. The Balaban J connectivity index is 2.27. The summed E-state index contributed by atoms with van der Waals surface area (Å²) in [7, 11) is -2.53. The smallest absolute Gasteiger partial charge is 0.318 e. The molecular formula is C11H12N2O5S. The first kappa shape index (κ1) is 13.5. The topological polar surface area (TPSA) is 101 Å². The van der Waals surface area contributed by atoms with E-state index in [2.05, 4.69) is 5.16 Å². The van der Waals surface area contributed by atoms with E-state index in [1.807, 2.05) is 0 Å². The molecular weight excluding hydrogens is 272 g/mol. The summed E-state index contributed by atoms with van der Waals surface area (Å²) in [5, 5.41) is 12.9. The van der Waals surface area contributed by atoms with Crippen molar-refractivity contribution in [3.63, 3.8) is 0 Å². The number of carboxylic acid groups (broad SMARTS) is 1. The standard InChI is InChI=1S/C11H12N2O5S/c1-13(6-11(14)15)19(16,17)7-9-8-4-2-3-5-10(8)18-12-9/h2-5H,6-7H2,1H3,(H,14,15). The summed E-state index contributed by atoms with van der Waals surface area (Å²) in [6.07, 6.45) is 0. The fourth-order valence-electron chi connectivity index (χ4n) is 1.61. The highest BCUT2D eigenvalue weighted by Crippen LogP contribution is 2.20. The summed E-state index contributed by atoms with van der Waals surface area (Å²) in [6, 6.07) is 6.88. The molecule has 0 amide bonds. The molecule has 0 bridgehead atoms. The molecule has 1 aromatic heterocycles. The summed E-state index contributed by atoms with van der Waals surface area (Å²) in [5.41, 5.74) is 0.765. The third kappa shape index (κ3) is 2.91. The molecule has 0 saturated heterocycles. The Kier molecular flexibility index (Phi) is 3.54. The SMILES string of the molecule is CN(CC(=O)O)S(=O)(=O)Cc1noc2ccccc12. The van der Waals surface area contributed by atoms with Crippen molar-refractivity contribution in [3.8, 4) is 0 Å². The average Bonchev–Trinajstić information content (AvgIpc) is 2.71. The van der Waals surface area contributed by atoms with Crippen LogP contribution in [-0.2, 0) is 20.6 Å². The van der Waals surface area contributed by atoms with E-state index in [1.54, 1.807) is 24.3 Å². The van der Waals surface area contributed by atoms with Gasteiger partial charge in [0.05, 0.1) is 0 Å². The summed E-state index contributed by atoms with van der Waals surface area (Å²) < 4.78 is 29.7. The van der Waals surface area contributed by atoms with Gasteiger partial charge in [-0.1, -0.05) is 17.3 Å². The van der Waals surface area contributed by atoms with E-state index >= 15 is 0 Å². The van der Waals surface area contributed by atoms with Crippen molar-refractivity contribution in [2.24, 2.45) is 0 Å². The lowest BCUT2D eigenvalue weighted by Gasteiger charge is -2.13. The molecule has 0 aliphatic carbocycles. The van der Waals surface area contributed by atoms with E-state index in [9.17, 15) is 13.2 Å². The van der Waals surface area contributed by atoms with E-state index in [4.69, 9.17) is 9.63 Å². The number of rotatable bonds is 5. The molecule has 1 aromatic carbocycles. The van der Waals surface area contributed by atoms with E-state index in [-0.39, 0.29) is 5.69 Å². The van der Waals surface area contributed by atoms with Gasteiger partial charge in [-0.25, -0.2) is 8.42 Å². The first-order valence-electron chi connectivity index (χ1n) is 5.39. The normalized spacial score (nSPS) is 12.1. The van der Waals surface area contributed by atoms with E-state index in [0.717, 1.165) is 4.31 Å². The largest absolute Gasteiger partial charge is 0.480 e. The monoisotopic (exact) mass is 284 g/mol. The number of para-hydroxylation sites is 1. The van der Waals surface area contributed by atoms with Gasteiger partial charge in [-0.3, -0.25) is 4.79 Å². The second-order valence-electron chi connectivity index (χ2n) is 4.03. The Labute approximate surface area is 109 Å². The van der Waals surface area contributed by atoms with E-state index in [0.29, 0.717) is 11.0 Å². The maximum Gasteiger partial charge on any atom is 0.318 e. The molecule has 0 aliphatic rings. The lowest BCUT2D eigenvalue weighted by atomic mass is 10.2. The Bertz CT molecular complexity index is 707. The van der Waals surface area contributed by atoms with Gasteiger partial charge in [-0.05, 0) is 12.1 Å². The first-order valence-corrected chi connectivity index (χ1v) is 7.00. The predicted molar refractivity (Wildman–Crippen MR) is 66.9 cm³/mol. The highest BCUT2D eigenvalue weighted by Gasteiger charge is 2.23. The summed E-state index contributed by atoms with van der Waals surface area (Å²) >= 11 is 0. The number of nitrogens with zero attached hydrogens (tertiary/aromatic N) is 2. The molecule has 0 saturated carbocycles. The van der Waals surface area contributed by atoms with Gasteiger partial charge < -0.3 is 9.63 Å². The minimum absolute atomic E-state index is 0.271. The van der Waals surface area contributed by atoms with Gasteiger partial charge >= 0.3 is 5.97 Å². The highest BCUT2D eigenvalue weighted by atomic mass is 32.2. The number of fused-ring (bicyclic) bond motifs is 1. The lowest BCUT2D eigenvalue weighted by molar-refractivity contribution is -0.137. The molecule has 8 heteroatoms. The van der Waals surface area contributed by atoms with Crippen LogP contribution in [0.1, 0.15) is 5.69 Å². The number of sulfonamides is 1. The van der Waals surface area contributed by atoms with Crippen LogP contribution in [0.25, 0.3) is 11.0 Å². The fourth-order valence-corrected chi connectivity index (χ4v) is 2.70. The zero-order chi connectivity index (χ0) is 14.0. The molecule has 0 spiro atoms. The number of hydrogen-bond acceptors (Lipinski definition) is 5. The molecule has 0 aliphatic heterocycles. The van der Waals surface area contributed by atoms with Gasteiger partial charge in [0.1, 0.15) is 18.0 Å². The third-order valence-electron chi connectivity index (χ3n) is 2.60. The Hall–Kier alpha value is -1.93. The van der Waals surface area contributed by atoms with Gasteiger partial charge in [-0.2, -0.15) is 4.31 Å². The fraction of sp³-hybridized carbons (Fsp3) is 0.273. The molecule has 102 valence electrons. The van der Waals surface area contributed by atoms with Crippen LogP contribution >= 0.6 is 0 Å². The summed E-state index contributed by atoms with van der Waals surface area (Å²) in [4.78, 5) is 10.5. The van der Waals surface area contributed by atoms with Crippen LogP contribution in [0.3, 0.4) is 0 Å². The number of carboxylic acids is 1. The highest BCUT2D eigenvalue weighted by molar-refractivity contribution is 7.88. The molecule has 0 fully saturated rings. The Morgan fingerprint density at radius 3 is 2.79 bits per heavy atom. The second kappa shape index (κ2) is 4.98. The Morgan fingerprint density at radius 1 is 1.42 bits per heavy atom. The summed E-state index contributed by atoms with van der Waals surface area (Å²) in [5.74, 6) is -1.61. The Morgan fingerprint density at radius 2 is 2.11 bits per heavy atom. The van der Waals surface area contributed by atoms with Crippen molar-refractivity contribution in [1.82, 2.24) is 9.46 Å². The first-order chi connectivity index (χ1) is 8.90. The molecule has 0 radical (unpaired) electrons. The van der Waals surface area contributed by atoms with Crippen LogP contribution in [0, 0.1) is 0 Å². The zero-order valence-corrected chi connectivity index (χ0v) is 10.9. The number of benzene rings is 1. The van der Waals surface area contributed by atoms with Crippen molar-refractivity contribution in [2.75, 3.05) is 13.6 Å². The molecule has 0 atom stereocenters. The van der Waals surface area contributed by atoms with Crippen molar-refractivity contribution >= 4 is 27.0 Å². The van der Waals surface area contributed by atoms with Crippen molar-refractivity contribution in [3.05, 3.63) is 30.0 Å². The quantitative estimate of drug-likeness (QED) is 0.866. The van der Waals surface area contributed by atoms with Gasteiger partial charge in [0.15, 0.2) is 5.58 Å². The van der Waals surface area contributed by atoms with Crippen molar-refractivity contribution in [2.45, 2.75) is 5.75 Å². The van der Waals surface area contributed by atoms with Gasteiger partial charge in [0, 0.05) is 12.4 Å². The van der Waals surface area contributed by atoms with E-state index < -0.39 is 28.3 Å². The second-order valence-corrected chi connectivity index (χ2v) is 6.11. The van der Waals surface area contributed by atoms with Crippen LogP contribution in [-0.4, -0.2) is 42.5 Å². The van der Waals surface area contributed by atoms with Crippen molar-refractivity contribution < 1.29 is 22.8 Å². The number of likely N-dealkylation sites (N-methyl/N-ethyl adjacent to an activating group) is 1. The minimum atomic E-state index is -3.74. The van der Waals surface area contributed by atoms with Crippen LogP contribution in [0.2, 0.25) is 0 Å². The van der Waals surface area contributed by atoms with Crippen LogP contribution in [0.15, 0.2) is 28.8 Å². The zero-order valence-electron chi connectivity index (χ0n) is 10.1. The number of carbonyl (C=O) groups is 1.